The fourth-order valence-electron chi connectivity index (χ4n) is 3.16. The van der Waals surface area contributed by atoms with Gasteiger partial charge in [0.2, 0.25) is 11.7 Å². The van der Waals surface area contributed by atoms with Crippen LogP contribution in [0.4, 0.5) is 8.78 Å². The Labute approximate surface area is 186 Å². The SMILES string of the molecule is O=c1c2nnn(Cc3cc(F)cc(F)c3)c2ncn1Cc1nc(-c2ccc(Br)cc2)no1. The molecule has 0 radical (unpaired) electrons. The minimum Gasteiger partial charge on any atom is -0.337 e. The van der Waals surface area contributed by atoms with Gasteiger partial charge in [-0.2, -0.15) is 4.98 Å². The second kappa shape index (κ2) is 8.04. The van der Waals surface area contributed by atoms with Gasteiger partial charge in [0.25, 0.3) is 5.56 Å². The first-order valence-electron chi connectivity index (χ1n) is 9.28. The van der Waals surface area contributed by atoms with Gasteiger partial charge >= 0.3 is 0 Å². The number of benzene rings is 2. The van der Waals surface area contributed by atoms with Crippen molar-refractivity contribution in [2.75, 3.05) is 0 Å². The Morgan fingerprint density at radius 3 is 2.53 bits per heavy atom. The summed E-state index contributed by atoms with van der Waals surface area (Å²) < 4.78 is 35.6. The van der Waals surface area contributed by atoms with E-state index in [1.165, 1.54) is 27.7 Å². The third-order valence-corrected chi connectivity index (χ3v) is 5.15. The van der Waals surface area contributed by atoms with E-state index in [1.807, 2.05) is 24.3 Å². The predicted octanol–water partition coefficient (Wildman–Crippen LogP) is 3.18. The molecule has 2 aromatic carbocycles. The summed E-state index contributed by atoms with van der Waals surface area (Å²) in [5, 5.41) is 11.7. The van der Waals surface area contributed by atoms with Crippen molar-refractivity contribution in [3.05, 3.63) is 86.7 Å². The van der Waals surface area contributed by atoms with Crippen LogP contribution < -0.4 is 5.56 Å². The van der Waals surface area contributed by atoms with Crippen LogP contribution in [0.3, 0.4) is 0 Å². The average Bonchev–Trinajstić information content (AvgIpc) is 3.38. The van der Waals surface area contributed by atoms with E-state index in [0.29, 0.717) is 11.4 Å². The van der Waals surface area contributed by atoms with Crippen LogP contribution in [0.1, 0.15) is 11.5 Å². The van der Waals surface area contributed by atoms with Gasteiger partial charge in [0.15, 0.2) is 11.2 Å². The maximum absolute atomic E-state index is 13.4. The van der Waals surface area contributed by atoms with Crippen molar-refractivity contribution >= 4 is 27.1 Å². The van der Waals surface area contributed by atoms with Crippen LogP contribution in [0.2, 0.25) is 0 Å². The number of rotatable bonds is 5. The highest BCUT2D eigenvalue weighted by Gasteiger charge is 2.15. The Balaban J connectivity index is 1.41. The van der Waals surface area contributed by atoms with E-state index in [4.69, 9.17) is 4.52 Å². The molecule has 32 heavy (non-hydrogen) atoms. The number of halogens is 3. The summed E-state index contributed by atoms with van der Waals surface area (Å²) in [7, 11) is 0. The molecule has 12 heteroatoms. The average molecular weight is 500 g/mol. The Kier molecular flexibility index (Phi) is 5.05. The molecule has 0 N–H and O–H groups in total. The first kappa shape index (κ1) is 20.1. The summed E-state index contributed by atoms with van der Waals surface area (Å²) in [6, 6.07) is 10.5. The molecule has 0 unspecified atom stereocenters. The first-order valence-corrected chi connectivity index (χ1v) is 10.1. The van der Waals surface area contributed by atoms with Gasteiger partial charge in [-0.3, -0.25) is 9.36 Å². The van der Waals surface area contributed by atoms with Crippen molar-refractivity contribution < 1.29 is 13.3 Å². The van der Waals surface area contributed by atoms with Crippen LogP contribution in [0.25, 0.3) is 22.6 Å². The largest absolute Gasteiger partial charge is 0.337 e. The molecule has 3 aromatic heterocycles. The quantitative estimate of drug-likeness (QED) is 0.365. The highest BCUT2D eigenvalue weighted by atomic mass is 79.9. The number of hydrogen-bond acceptors (Lipinski definition) is 7. The maximum Gasteiger partial charge on any atom is 0.283 e. The zero-order valence-corrected chi connectivity index (χ0v) is 17.7. The van der Waals surface area contributed by atoms with E-state index in [2.05, 4.69) is 41.4 Å². The zero-order valence-electron chi connectivity index (χ0n) is 16.1. The van der Waals surface area contributed by atoms with Crippen molar-refractivity contribution in [1.82, 2.24) is 34.7 Å². The fraction of sp³-hybridized carbons (Fsp3) is 0.100. The zero-order chi connectivity index (χ0) is 22.2. The normalized spacial score (nSPS) is 11.3. The Morgan fingerprint density at radius 1 is 1.03 bits per heavy atom. The molecular weight excluding hydrogens is 488 g/mol. The minimum atomic E-state index is -0.707. The van der Waals surface area contributed by atoms with E-state index in [9.17, 15) is 13.6 Å². The monoisotopic (exact) mass is 499 g/mol. The summed E-state index contributed by atoms with van der Waals surface area (Å²) >= 11 is 3.37. The second-order valence-corrected chi connectivity index (χ2v) is 7.81. The molecule has 0 bridgehead atoms. The molecule has 9 nitrogen and oxygen atoms in total. The van der Waals surface area contributed by atoms with E-state index < -0.39 is 17.2 Å². The van der Waals surface area contributed by atoms with Crippen molar-refractivity contribution in [1.29, 1.82) is 0 Å². The van der Waals surface area contributed by atoms with Crippen LogP contribution in [-0.2, 0) is 13.1 Å². The molecular formula is C20H12BrF2N7O2. The van der Waals surface area contributed by atoms with Crippen LogP contribution in [0.15, 0.2) is 62.6 Å². The minimum absolute atomic E-state index is 0.00183. The second-order valence-electron chi connectivity index (χ2n) is 6.89. The van der Waals surface area contributed by atoms with Crippen LogP contribution in [0, 0.1) is 11.6 Å². The molecule has 0 saturated carbocycles. The lowest BCUT2D eigenvalue weighted by Crippen LogP contribution is -2.21. The number of fused-ring (bicyclic) bond motifs is 1. The lowest BCUT2D eigenvalue weighted by molar-refractivity contribution is 0.369. The molecule has 0 saturated heterocycles. The topological polar surface area (TPSA) is 105 Å². The molecule has 0 aliphatic rings. The van der Waals surface area contributed by atoms with E-state index in [-0.39, 0.29) is 30.1 Å². The lowest BCUT2D eigenvalue weighted by Gasteiger charge is -2.04. The van der Waals surface area contributed by atoms with Gasteiger partial charge in [0.05, 0.1) is 6.54 Å². The molecule has 0 spiro atoms. The standard InChI is InChI=1S/C20H12BrF2N7O2/c21-13-3-1-12(2-4-13)18-25-16(32-27-18)9-29-10-24-19-17(20(29)31)26-28-30(19)8-11-5-14(22)7-15(23)6-11/h1-7,10H,8-9H2. The summed E-state index contributed by atoms with van der Waals surface area (Å²) in [4.78, 5) is 21.4. The highest BCUT2D eigenvalue weighted by molar-refractivity contribution is 9.10. The van der Waals surface area contributed by atoms with Gasteiger partial charge < -0.3 is 4.52 Å². The van der Waals surface area contributed by atoms with Crippen molar-refractivity contribution in [2.24, 2.45) is 0 Å². The Morgan fingerprint density at radius 2 is 1.78 bits per heavy atom. The van der Waals surface area contributed by atoms with Crippen LogP contribution in [-0.4, -0.2) is 34.7 Å². The maximum atomic E-state index is 13.4. The molecule has 3 heterocycles. The van der Waals surface area contributed by atoms with Gasteiger partial charge in [0, 0.05) is 16.1 Å². The molecule has 0 amide bonds. The summed E-state index contributed by atoms with van der Waals surface area (Å²) in [5.41, 5.74) is 0.830. The third kappa shape index (κ3) is 3.91. The smallest absolute Gasteiger partial charge is 0.283 e. The van der Waals surface area contributed by atoms with Crippen molar-refractivity contribution in [3.63, 3.8) is 0 Å². The van der Waals surface area contributed by atoms with Crippen LogP contribution in [0.5, 0.6) is 0 Å². The number of nitrogens with zero attached hydrogens (tertiary/aromatic N) is 7. The van der Waals surface area contributed by atoms with Gasteiger partial charge in [-0.15, -0.1) is 5.10 Å². The predicted molar refractivity (Wildman–Crippen MR) is 112 cm³/mol. The highest BCUT2D eigenvalue weighted by Crippen LogP contribution is 2.19. The van der Waals surface area contributed by atoms with Gasteiger partial charge in [-0.05, 0) is 42.0 Å². The molecule has 0 fully saturated rings. The van der Waals surface area contributed by atoms with E-state index in [0.717, 1.165) is 16.1 Å². The van der Waals surface area contributed by atoms with Gasteiger partial charge in [-0.25, -0.2) is 18.4 Å². The fourth-order valence-corrected chi connectivity index (χ4v) is 3.43. The van der Waals surface area contributed by atoms with Gasteiger partial charge in [-0.1, -0.05) is 26.3 Å². The van der Waals surface area contributed by atoms with Crippen LogP contribution >= 0.6 is 15.9 Å². The molecule has 5 rings (SSSR count). The molecule has 5 aromatic rings. The summed E-state index contributed by atoms with van der Waals surface area (Å²) in [6.07, 6.45) is 1.31. The first-order chi connectivity index (χ1) is 15.5. The van der Waals surface area contributed by atoms with Crippen molar-refractivity contribution in [2.45, 2.75) is 13.1 Å². The molecule has 0 aliphatic heterocycles. The molecule has 0 aliphatic carbocycles. The number of hydrogen-bond donors (Lipinski definition) is 0. The van der Waals surface area contributed by atoms with E-state index in [1.54, 1.807) is 0 Å². The number of aromatic nitrogens is 7. The van der Waals surface area contributed by atoms with Crippen molar-refractivity contribution in [3.8, 4) is 11.4 Å². The van der Waals surface area contributed by atoms with E-state index >= 15 is 0 Å². The summed E-state index contributed by atoms with van der Waals surface area (Å²) in [6.45, 7) is -0.00485. The molecule has 0 atom stereocenters. The molecule has 160 valence electrons. The lowest BCUT2D eigenvalue weighted by atomic mass is 10.2. The Bertz CT molecular complexity index is 1470. The summed E-state index contributed by atoms with van der Waals surface area (Å²) in [5.74, 6) is -0.805. The van der Waals surface area contributed by atoms with Gasteiger partial charge in [0.1, 0.15) is 24.5 Å². The Hall–Kier alpha value is -3.80. The third-order valence-electron chi connectivity index (χ3n) is 4.62.